The van der Waals surface area contributed by atoms with E-state index in [4.69, 9.17) is 4.52 Å². The molecule has 37 heavy (non-hydrogen) atoms. The number of aromatic carboxylic acids is 1. The van der Waals surface area contributed by atoms with Crippen LogP contribution in [0.3, 0.4) is 0 Å². The van der Waals surface area contributed by atoms with Crippen molar-refractivity contribution in [2.24, 2.45) is 0 Å². The quantitative estimate of drug-likeness (QED) is 0.363. The monoisotopic (exact) mass is 518 g/mol. The van der Waals surface area contributed by atoms with Gasteiger partial charge in [0, 0.05) is 17.3 Å². The summed E-state index contributed by atoms with van der Waals surface area (Å²) in [6, 6.07) is 12.7. The molecule has 0 N–H and O–H groups in total. The smallest absolute Gasteiger partial charge is 0.543 e. The molecule has 0 saturated heterocycles. The molecule has 186 valence electrons. The summed E-state index contributed by atoms with van der Waals surface area (Å²) >= 11 is 0. The van der Waals surface area contributed by atoms with Crippen LogP contribution in [0.5, 0.6) is 0 Å². The van der Waals surface area contributed by atoms with Gasteiger partial charge < -0.3 is 14.4 Å². The molecule has 0 spiro atoms. The van der Waals surface area contributed by atoms with Gasteiger partial charge in [-0.1, -0.05) is 54.8 Å². The summed E-state index contributed by atoms with van der Waals surface area (Å²) < 4.78 is 48.5. The number of aromatic nitrogens is 4. The number of rotatable bonds is 6. The summed E-state index contributed by atoms with van der Waals surface area (Å²) in [6.45, 7) is 0.346. The van der Waals surface area contributed by atoms with Crippen LogP contribution in [0, 0.1) is 0 Å². The molecule has 4 aromatic rings. The van der Waals surface area contributed by atoms with E-state index in [1.165, 1.54) is 10.7 Å². The Morgan fingerprint density at radius 2 is 1.73 bits per heavy atom. The molecule has 0 atom stereocenters. The molecular weight excluding hydrogens is 496 g/mol. The van der Waals surface area contributed by atoms with E-state index in [0.717, 1.165) is 43.7 Å². The molecule has 0 amide bonds. The van der Waals surface area contributed by atoms with Crippen molar-refractivity contribution in [3.8, 4) is 22.8 Å². The molecule has 1 saturated carbocycles. The number of nitrogens with zero attached hydrogens (tertiary/aromatic N) is 4. The molecule has 0 radical (unpaired) electrons. The zero-order valence-corrected chi connectivity index (χ0v) is 22.2. The van der Waals surface area contributed by atoms with Gasteiger partial charge in [0.1, 0.15) is 5.69 Å². The maximum atomic E-state index is 13.9. The fraction of sp³-hybridized carbons (Fsp3) is 0.308. The van der Waals surface area contributed by atoms with Gasteiger partial charge in [-0.25, -0.2) is 0 Å². The first-order valence-corrected chi connectivity index (χ1v) is 11.7. The van der Waals surface area contributed by atoms with Gasteiger partial charge in [-0.05, 0) is 48.1 Å². The van der Waals surface area contributed by atoms with Crippen molar-refractivity contribution in [2.75, 3.05) is 0 Å². The van der Waals surface area contributed by atoms with E-state index in [1.807, 2.05) is 0 Å². The first kappa shape index (κ1) is 27.1. The van der Waals surface area contributed by atoms with E-state index >= 15 is 0 Å². The molecule has 0 unspecified atom stereocenters. The zero-order valence-electron chi connectivity index (χ0n) is 20.2. The van der Waals surface area contributed by atoms with Gasteiger partial charge in [-0.2, -0.15) is 23.3 Å². The second-order valence-corrected chi connectivity index (χ2v) is 8.94. The molecule has 11 heteroatoms. The molecule has 2 heterocycles. The minimum atomic E-state index is -4.47. The van der Waals surface area contributed by atoms with Gasteiger partial charge in [0.2, 0.25) is 5.82 Å². The van der Waals surface area contributed by atoms with Crippen molar-refractivity contribution >= 4 is 5.97 Å². The van der Waals surface area contributed by atoms with Gasteiger partial charge in [0.05, 0.1) is 18.1 Å². The predicted octanol–water partition coefficient (Wildman–Crippen LogP) is 2.08. The molecule has 1 aliphatic rings. The number of carbonyl (C=O) groups is 1. The summed E-state index contributed by atoms with van der Waals surface area (Å²) in [5, 5.41) is 18.7. The van der Waals surface area contributed by atoms with E-state index in [0.29, 0.717) is 17.7 Å². The molecule has 0 bridgehead atoms. The average Bonchev–Trinajstić information content (AvgIpc) is 3.55. The van der Waals surface area contributed by atoms with Crippen LogP contribution in [0.15, 0.2) is 59.3 Å². The minimum Gasteiger partial charge on any atom is -0.543 e. The molecule has 5 rings (SSSR count). The van der Waals surface area contributed by atoms with Crippen molar-refractivity contribution in [1.82, 2.24) is 19.9 Å². The summed E-state index contributed by atoms with van der Waals surface area (Å²) in [7, 11) is 0. The number of carbonyl (C=O) groups excluding carboxylic acids is 1. The fourth-order valence-electron chi connectivity index (χ4n) is 4.67. The summed E-state index contributed by atoms with van der Waals surface area (Å²) in [6.07, 6.45) is 1.55. The van der Waals surface area contributed by atoms with Crippen molar-refractivity contribution in [3.63, 3.8) is 0 Å². The van der Waals surface area contributed by atoms with E-state index in [1.54, 1.807) is 42.6 Å². The number of hydrogen-bond acceptors (Lipinski definition) is 6. The number of hydrogen-bond donors (Lipinski definition) is 0. The Morgan fingerprint density at radius 1 is 1.03 bits per heavy atom. The molecule has 7 nitrogen and oxygen atoms in total. The number of halogens is 3. The van der Waals surface area contributed by atoms with Crippen LogP contribution in [0.2, 0.25) is 0 Å². The fourth-order valence-corrected chi connectivity index (χ4v) is 4.67. The van der Waals surface area contributed by atoms with Crippen LogP contribution < -0.4 is 34.7 Å². The summed E-state index contributed by atoms with van der Waals surface area (Å²) in [5.74, 6) is -1.17. The second-order valence-electron chi connectivity index (χ2n) is 8.94. The van der Waals surface area contributed by atoms with Crippen LogP contribution in [-0.2, 0) is 12.7 Å². The van der Waals surface area contributed by atoms with Crippen LogP contribution in [0.1, 0.15) is 65.2 Å². The third-order valence-electron chi connectivity index (χ3n) is 6.48. The first-order valence-electron chi connectivity index (χ1n) is 11.7. The molecule has 1 fully saturated rings. The first-order chi connectivity index (χ1) is 17.3. The molecule has 0 aliphatic heterocycles. The Bertz CT molecular complexity index is 1380. The van der Waals surface area contributed by atoms with Crippen LogP contribution in [0.4, 0.5) is 13.2 Å². The molecular formula is C26H22F3N4NaO3. The molecule has 1 aliphatic carbocycles. The maximum Gasteiger partial charge on any atom is 1.00 e. The Morgan fingerprint density at radius 3 is 2.38 bits per heavy atom. The van der Waals surface area contributed by atoms with Gasteiger partial charge in [0.15, 0.2) is 0 Å². The summed E-state index contributed by atoms with van der Waals surface area (Å²) in [4.78, 5) is 15.2. The van der Waals surface area contributed by atoms with Gasteiger partial charge >= 0.3 is 35.7 Å². The van der Waals surface area contributed by atoms with E-state index < -0.39 is 17.7 Å². The van der Waals surface area contributed by atoms with Gasteiger partial charge in [0.25, 0.3) is 5.89 Å². The third-order valence-corrected chi connectivity index (χ3v) is 6.48. The van der Waals surface area contributed by atoms with E-state index in [2.05, 4.69) is 15.2 Å². The average molecular weight is 518 g/mol. The van der Waals surface area contributed by atoms with Gasteiger partial charge in [-0.3, -0.25) is 4.68 Å². The standard InChI is InChI=1S/C26H23F3N4O3.Na/c27-26(28,29)21-14-19(10-11-20(21)17-4-2-1-3-5-17)24-30-23(32-36-24)18-8-6-16(7-9-18)15-33-13-12-22(31-33)25(34)35;/h6-14,17H,1-5,15H2,(H,34,35);/q;+1/p-1. The SMILES string of the molecule is O=C([O-])c1ccn(Cc2ccc(-c3noc(-c4ccc(C5CCCCC5)c(C(F)(F)F)c4)n3)cc2)n1.[Na+]. The number of alkyl halides is 3. The summed E-state index contributed by atoms with van der Waals surface area (Å²) in [5.41, 5.74) is 1.25. The Hall–Kier alpha value is -2.95. The predicted molar refractivity (Wildman–Crippen MR) is 122 cm³/mol. The third kappa shape index (κ3) is 6.14. The second kappa shape index (κ2) is 11.2. The minimum absolute atomic E-state index is 0. The Balaban J connectivity index is 0.00000320. The molecule has 2 aromatic heterocycles. The Labute approximate surface area is 233 Å². The zero-order chi connectivity index (χ0) is 25.3. The van der Waals surface area contributed by atoms with Crippen LogP contribution in [0.25, 0.3) is 22.8 Å². The number of carboxylic acids is 1. The van der Waals surface area contributed by atoms with Crippen molar-refractivity contribution in [1.29, 1.82) is 0 Å². The topological polar surface area (TPSA) is 96.9 Å². The number of carboxylic acid groups (broad SMARTS) is 1. The van der Waals surface area contributed by atoms with Gasteiger partial charge in [-0.15, -0.1) is 0 Å². The van der Waals surface area contributed by atoms with Crippen molar-refractivity contribution in [3.05, 3.63) is 77.1 Å². The largest absolute Gasteiger partial charge is 1.00 e. The number of benzene rings is 2. The van der Waals surface area contributed by atoms with E-state index in [-0.39, 0.29) is 58.4 Å². The Kier molecular flexibility index (Phi) is 8.20. The molecule has 2 aromatic carbocycles. The maximum absolute atomic E-state index is 13.9. The van der Waals surface area contributed by atoms with Crippen LogP contribution in [-0.4, -0.2) is 25.9 Å². The van der Waals surface area contributed by atoms with E-state index in [9.17, 15) is 23.1 Å². The van der Waals surface area contributed by atoms with Crippen molar-refractivity contribution < 1.29 is 57.2 Å². The van der Waals surface area contributed by atoms with Crippen molar-refractivity contribution in [2.45, 2.75) is 50.7 Å². The van der Waals surface area contributed by atoms with Crippen LogP contribution >= 0.6 is 0 Å². The normalized spacial score (nSPS) is 14.4.